The fourth-order valence-electron chi connectivity index (χ4n) is 1.09. The van der Waals surface area contributed by atoms with Crippen molar-refractivity contribution in [2.45, 2.75) is 6.43 Å². The fourth-order valence-corrected chi connectivity index (χ4v) is 1.31. The molecular formula is C8H7ClF2N2O2. The van der Waals surface area contributed by atoms with Crippen molar-refractivity contribution in [2.75, 3.05) is 7.11 Å². The van der Waals surface area contributed by atoms with E-state index < -0.39 is 23.5 Å². The van der Waals surface area contributed by atoms with Crippen LogP contribution in [0.15, 0.2) is 6.20 Å². The molecule has 0 aliphatic rings. The lowest BCUT2D eigenvalue weighted by molar-refractivity contribution is 0.0982. The molecular weight excluding hydrogens is 230 g/mol. The molecule has 1 aromatic rings. The van der Waals surface area contributed by atoms with Crippen LogP contribution in [0.4, 0.5) is 8.78 Å². The first-order valence-electron chi connectivity index (χ1n) is 3.79. The van der Waals surface area contributed by atoms with E-state index in [0.29, 0.717) is 0 Å². The summed E-state index contributed by atoms with van der Waals surface area (Å²) < 4.78 is 29.7. The third kappa shape index (κ3) is 2.15. The summed E-state index contributed by atoms with van der Waals surface area (Å²) in [5.74, 6) is -1.27. The second kappa shape index (κ2) is 4.39. The summed E-state index contributed by atoms with van der Waals surface area (Å²) >= 11 is 5.56. The molecule has 82 valence electrons. The summed E-state index contributed by atoms with van der Waals surface area (Å²) in [4.78, 5) is 14.4. The number of nitrogens with two attached hydrogens (primary N) is 1. The quantitative estimate of drug-likeness (QED) is 0.814. The molecule has 7 heteroatoms. The van der Waals surface area contributed by atoms with Crippen molar-refractivity contribution in [1.29, 1.82) is 0 Å². The Morgan fingerprint density at radius 2 is 2.27 bits per heavy atom. The highest BCUT2D eigenvalue weighted by molar-refractivity contribution is 6.31. The maximum Gasteiger partial charge on any atom is 0.266 e. The predicted molar refractivity (Wildman–Crippen MR) is 49.3 cm³/mol. The normalized spacial score (nSPS) is 10.5. The van der Waals surface area contributed by atoms with Crippen LogP contribution in [0.3, 0.4) is 0 Å². The van der Waals surface area contributed by atoms with Gasteiger partial charge in [-0.1, -0.05) is 11.6 Å². The standard InChI is InChI=1S/C8H7ClF2N2O2/c1-15-5-4(8(12)14)3(7(10)11)2-13-6(5)9/h2,7H,1H3,(H2,12,14). The number of hydrogen-bond donors (Lipinski definition) is 1. The van der Waals surface area contributed by atoms with Gasteiger partial charge in [0.15, 0.2) is 10.9 Å². The van der Waals surface area contributed by atoms with Gasteiger partial charge in [-0.2, -0.15) is 0 Å². The number of carbonyl (C=O) groups is 1. The molecule has 15 heavy (non-hydrogen) atoms. The number of carbonyl (C=O) groups excluding carboxylic acids is 1. The Hall–Kier alpha value is -1.43. The Morgan fingerprint density at radius 3 is 2.67 bits per heavy atom. The number of rotatable bonds is 3. The van der Waals surface area contributed by atoms with E-state index in [1.54, 1.807) is 0 Å². The SMILES string of the molecule is COc1c(Cl)ncc(C(F)F)c1C(N)=O. The minimum atomic E-state index is -2.87. The van der Waals surface area contributed by atoms with Crippen molar-refractivity contribution in [2.24, 2.45) is 5.73 Å². The molecule has 0 bridgehead atoms. The minimum absolute atomic E-state index is 0.185. The van der Waals surface area contributed by atoms with E-state index in [-0.39, 0.29) is 10.9 Å². The van der Waals surface area contributed by atoms with E-state index >= 15 is 0 Å². The average Bonchev–Trinajstić information content (AvgIpc) is 2.16. The summed E-state index contributed by atoms with van der Waals surface area (Å²) in [5.41, 5.74) is 3.93. The Morgan fingerprint density at radius 1 is 1.67 bits per heavy atom. The highest BCUT2D eigenvalue weighted by Gasteiger charge is 2.24. The Labute approximate surface area is 89.0 Å². The van der Waals surface area contributed by atoms with Gasteiger partial charge in [0.05, 0.1) is 18.2 Å². The highest BCUT2D eigenvalue weighted by Crippen LogP contribution is 2.33. The summed E-state index contributed by atoms with van der Waals surface area (Å²) in [5, 5.41) is -0.185. The van der Waals surface area contributed by atoms with Crippen molar-refractivity contribution in [3.8, 4) is 5.75 Å². The molecule has 1 heterocycles. The zero-order valence-corrected chi connectivity index (χ0v) is 8.39. The number of primary amides is 1. The molecule has 2 N–H and O–H groups in total. The van der Waals surface area contributed by atoms with Crippen molar-refractivity contribution >= 4 is 17.5 Å². The molecule has 0 aliphatic carbocycles. The molecule has 0 radical (unpaired) electrons. The molecule has 0 saturated heterocycles. The zero-order chi connectivity index (χ0) is 11.6. The fraction of sp³-hybridized carbons (Fsp3) is 0.250. The number of alkyl halides is 2. The van der Waals surface area contributed by atoms with Gasteiger partial charge in [0, 0.05) is 6.20 Å². The van der Waals surface area contributed by atoms with Crippen LogP contribution in [0.25, 0.3) is 0 Å². The number of methoxy groups -OCH3 is 1. The summed E-state index contributed by atoms with van der Waals surface area (Å²) in [7, 11) is 1.19. The van der Waals surface area contributed by atoms with E-state index in [9.17, 15) is 13.6 Å². The lowest BCUT2D eigenvalue weighted by Crippen LogP contribution is -2.16. The molecule has 0 atom stereocenters. The van der Waals surface area contributed by atoms with Gasteiger partial charge >= 0.3 is 0 Å². The van der Waals surface area contributed by atoms with Crippen molar-refractivity contribution in [3.63, 3.8) is 0 Å². The van der Waals surface area contributed by atoms with Gasteiger partial charge in [-0.15, -0.1) is 0 Å². The summed E-state index contributed by atoms with van der Waals surface area (Å²) in [6, 6.07) is 0. The maximum atomic E-state index is 12.5. The smallest absolute Gasteiger partial charge is 0.266 e. The molecule has 0 aliphatic heterocycles. The van der Waals surface area contributed by atoms with Gasteiger partial charge in [0.2, 0.25) is 0 Å². The first kappa shape index (κ1) is 11.6. The third-order valence-electron chi connectivity index (χ3n) is 1.71. The van der Waals surface area contributed by atoms with E-state index in [1.807, 2.05) is 0 Å². The zero-order valence-electron chi connectivity index (χ0n) is 7.63. The highest BCUT2D eigenvalue weighted by atomic mass is 35.5. The molecule has 0 saturated carbocycles. The minimum Gasteiger partial charge on any atom is -0.493 e. The Bertz CT molecular complexity index is 398. The van der Waals surface area contributed by atoms with Crippen LogP contribution >= 0.6 is 11.6 Å². The lowest BCUT2D eigenvalue weighted by atomic mass is 10.1. The van der Waals surface area contributed by atoms with Crippen LogP contribution < -0.4 is 10.5 Å². The van der Waals surface area contributed by atoms with Crippen LogP contribution in [0.2, 0.25) is 5.15 Å². The van der Waals surface area contributed by atoms with Gasteiger partial charge in [0.1, 0.15) is 0 Å². The molecule has 0 unspecified atom stereocenters. The van der Waals surface area contributed by atoms with Gasteiger partial charge in [-0.3, -0.25) is 4.79 Å². The van der Waals surface area contributed by atoms with Gasteiger partial charge in [-0.25, -0.2) is 13.8 Å². The second-order valence-electron chi connectivity index (χ2n) is 2.58. The van der Waals surface area contributed by atoms with Crippen molar-refractivity contribution < 1.29 is 18.3 Å². The number of amides is 1. The van der Waals surface area contributed by atoms with E-state index in [0.717, 1.165) is 6.20 Å². The van der Waals surface area contributed by atoms with Crippen LogP contribution in [0.1, 0.15) is 22.3 Å². The number of nitrogens with zero attached hydrogens (tertiary/aromatic N) is 1. The number of hydrogen-bond acceptors (Lipinski definition) is 3. The van der Waals surface area contributed by atoms with Gasteiger partial charge in [-0.05, 0) is 0 Å². The lowest BCUT2D eigenvalue weighted by Gasteiger charge is -2.11. The van der Waals surface area contributed by atoms with Crippen LogP contribution in [-0.4, -0.2) is 18.0 Å². The first-order valence-corrected chi connectivity index (χ1v) is 4.17. The van der Waals surface area contributed by atoms with Crippen LogP contribution in [0, 0.1) is 0 Å². The number of aromatic nitrogens is 1. The second-order valence-corrected chi connectivity index (χ2v) is 2.94. The van der Waals surface area contributed by atoms with Crippen LogP contribution in [0.5, 0.6) is 5.75 Å². The van der Waals surface area contributed by atoms with Gasteiger partial charge in [0.25, 0.3) is 12.3 Å². The Balaban J connectivity index is 3.49. The Kier molecular flexibility index (Phi) is 3.41. The monoisotopic (exact) mass is 236 g/mol. The van der Waals surface area contributed by atoms with Crippen molar-refractivity contribution in [3.05, 3.63) is 22.5 Å². The van der Waals surface area contributed by atoms with E-state index in [1.165, 1.54) is 7.11 Å². The van der Waals surface area contributed by atoms with E-state index in [4.69, 9.17) is 22.1 Å². The summed E-state index contributed by atoms with van der Waals surface area (Å²) in [6.07, 6.45) is -2.07. The summed E-state index contributed by atoms with van der Waals surface area (Å²) in [6.45, 7) is 0. The number of halogens is 3. The molecule has 4 nitrogen and oxygen atoms in total. The average molecular weight is 237 g/mol. The number of pyridine rings is 1. The molecule has 0 aromatic carbocycles. The topological polar surface area (TPSA) is 65.2 Å². The predicted octanol–water partition coefficient (Wildman–Crippen LogP) is 1.78. The third-order valence-corrected chi connectivity index (χ3v) is 1.97. The van der Waals surface area contributed by atoms with Crippen molar-refractivity contribution in [1.82, 2.24) is 4.98 Å². The molecule has 0 fully saturated rings. The van der Waals surface area contributed by atoms with E-state index in [2.05, 4.69) is 4.98 Å². The molecule has 1 aromatic heterocycles. The van der Waals surface area contributed by atoms with Gasteiger partial charge < -0.3 is 10.5 Å². The molecule has 1 rings (SSSR count). The number of ether oxygens (including phenoxy) is 1. The molecule has 1 amide bonds. The molecule has 0 spiro atoms. The van der Waals surface area contributed by atoms with Crippen LogP contribution in [-0.2, 0) is 0 Å². The maximum absolute atomic E-state index is 12.5. The first-order chi connectivity index (χ1) is 6.99. The largest absolute Gasteiger partial charge is 0.493 e.